The van der Waals surface area contributed by atoms with Gasteiger partial charge in [0.2, 0.25) is 0 Å². The second-order valence-corrected chi connectivity index (χ2v) is 6.24. The van der Waals surface area contributed by atoms with E-state index in [0.717, 1.165) is 26.2 Å². The van der Waals surface area contributed by atoms with Gasteiger partial charge in [-0.1, -0.05) is 6.07 Å². The minimum Gasteiger partial charge on any atom is -0.462 e. The van der Waals surface area contributed by atoms with E-state index in [1.54, 1.807) is 6.07 Å². The lowest BCUT2D eigenvalue weighted by atomic mass is 10.3. The first-order valence-corrected chi connectivity index (χ1v) is 7.83. The van der Waals surface area contributed by atoms with E-state index in [4.69, 9.17) is 4.74 Å². The van der Waals surface area contributed by atoms with E-state index >= 15 is 0 Å². The van der Waals surface area contributed by atoms with Gasteiger partial charge in [0, 0.05) is 0 Å². The molecule has 0 radical (unpaired) electrons. The molecular formula is C14H22N3O2S+. The van der Waals surface area contributed by atoms with Gasteiger partial charge in [-0.05, 0) is 25.3 Å². The Hall–Kier alpha value is -1.40. The lowest BCUT2D eigenvalue weighted by Crippen LogP contribution is -3.12. The van der Waals surface area contributed by atoms with Gasteiger partial charge in [-0.2, -0.15) is 4.99 Å². The van der Waals surface area contributed by atoms with E-state index in [2.05, 4.69) is 16.9 Å². The van der Waals surface area contributed by atoms with Crippen LogP contribution in [0.25, 0.3) is 0 Å². The summed E-state index contributed by atoms with van der Waals surface area (Å²) >= 11 is 1.40. The molecule has 0 aromatic carbocycles. The second-order valence-electron chi connectivity index (χ2n) is 5.29. The van der Waals surface area contributed by atoms with Crippen molar-refractivity contribution in [1.82, 2.24) is 4.90 Å². The number of hydrogen-bond acceptors (Lipinski definition) is 3. The van der Waals surface area contributed by atoms with E-state index in [0.29, 0.717) is 10.9 Å². The van der Waals surface area contributed by atoms with Gasteiger partial charge in [-0.3, -0.25) is 4.79 Å². The third kappa shape index (κ3) is 4.05. The lowest BCUT2D eigenvalue weighted by molar-refractivity contribution is -0.883. The van der Waals surface area contributed by atoms with Crippen molar-refractivity contribution in [3.8, 4) is 0 Å². The van der Waals surface area contributed by atoms with Gasteiger partial charge >= 0.3 is 0 Å². The molecule has 2 rings (SSSR count). The molecule has 0 atom stereocenters. The minimum absolute atomic E-state index is 0.0110. The fourth-order valence-corrected chi connectivity index (χ4v) is 2.61. The molecule has 1 aliphatic rings. The highest BCUT2D eigenvalue weighted by molar-refractivity contribution is 7.12. The number of thiophene rings is 1. The molecule has 1 fully saturated rings. The average molecular weight is 296 g/mol. The Bertz CT molecular complexity index is 463. The maximum atomic E-state index is 12.1. The molecule has 110 valence electrons. The highest BCUT2D eigenvalue weighted by Crippen LogP contribution is 2.11. The zero-order valence-electron chi connectivity index (χ0n) is 12.3. The third-order valence-electron chi connectivity index (χ3n) is 3.16. The van der Waals surface area contributed by atoms with Crippen molar-refractivity contribution < 1.29 is 14.4 Å². The zero-order chi connectivity index (χ0) is 14.5. The maximum Gasteiger partial charge on any atom is 0.296 e. The Morgan fingerprint density at radius 2 is 2.15 bits per heavy atom. The molecule has 0 unspecified atom stereocenters. The summed E-state index contributed by atoms with van der Waals surface area (Å²) in [5, 5.41) is 1.88. The Morgan fingerprint density at radius 1 is 1.45 bits per heavy atom. The first-order valence-electron chi connectivity index (χ1n) is 6.95. The van der Waals surface area contributed by atoms with E-state index in [9.17, 15) is 4.79 Å². The summed E-state index contributed by atoms with van der Waals surface area (Å²) in [5.74, 6) is -0.220. The summed E-state index contributed by atoms with van der Waals surface area (Å²) in [6.45, 7) is 7.71. The Morgan fingerprint density at radius 3 is 2.70 bits per heavy atom. The molecule has 1 amide bonds. The number of quaternary nitrogens is 1. The normalized spacial score (nSPS) is 17.6. The van der Waals surface area contributed by atoms with Gasteiger partial charge in [0.1, 0.15) is 0 Å². The summed E-state index contributed by atoms with van der Waals surface area (Å²) < 4.78 is 5.74. The number of carbonyl (C=O) groups excluding carboxylic acids is 1. The van der Waals surface area contributed by atoms with Crippen LogP contribution in [-0.2, 0) is 4.74 Å². The van der Waals surface area contributed by atoms with Crippen molar-refractivity contribution in [3.05, 3.63) is 22.4 Å². The summed E-state index contributed by atoms with van der Waals surface area (Å²) in [7, 11) is 2.17. The number of piperazine rings is 1. The number of likely N-dealkylation sites (N-methyl/N-ethyl adjacent to an activating group) is 1. The van der Waals surface area contributed by atoms with E-state index < -0.39 is 0 Å². The highest BCUT2D eigenvalue weighted by atomic mass is 32.1. The van der Waals surface area contributed by atoms with Gasteiger partial charge in [0.25, 0.3) is 11.9 Å². The zero-order valence-corrected chi connectivity index (χ0v) is 13.1. The third-order valence-corrected chi connectivity index (χ3v) is 4.02. The van der Waals surface area contributed by atoms with Crippen LogP contribution >= 0.6 is 11.3 Å². The second kappa shape index (κ2) is 6.85. The fraction of sp³-hybridized carbons (Fsp3) is 0.571. The van der Waals surface area contributed by atoms with Crippen molar-refractivity contribution in [3.63, 3.8) is 0 Å². The number of rotatable bonds is 2. The quantitative estimate of drug-likeness (QED) is 0.638. The standard InChI is InChI=1S/C14H21N3O2S/c1-11(2)19-14(17-8-6-16(3)7-9-17)15-13(18)12-5-4-10-20-12/h4-5,10-11H,6-9H2,1-3H3/p+1. The van der Waals surface area contributed by atoms with Crippen molar-refractivity contribution in [2.75, 3.05) is 33.2 Å². The number of ether oxygens (including phenoxy) is 1. The summed E-state index contributed by atoms with van der Waals surface area (Å²) in [6.07, 6.45) is 0.0110. The van der Waals surface area contributed by atoms with Crippen LogP contribution in [-0.4, -0.2) is 56.2 Å². The molecule has 0 aliphatic carbocycles. The highest BCUT2D eigenvalue weighted by Gasteiger charge is 2.23. The number of amides is 1. The van der Waals surface area contributed by atoms with Crippen molar-refractivity contribution in [2.24, 2.45) is 4.99 Å². The monoisotopic (exact) mass is 296 g/mol. The van der Waals surface area contributed by atoms with Crippen molar-refractivity contribution in [2.45, 2.75) is 20.0 Å². The predicted octanol–water partition coefficient (Wildman–Crippen LogP) is 0.500. The molecular weight excluding hydrogens is 274 g/mol. The van der Waals surface area contributed by atoms with Crippen molar-refractivity contribution >= 4 is 23.3 Å². The molecule has 6 heteroatoms. The number of carbonyl (C=O) groups is 1. The number of nitrogens with zero attached hydrogens (tertiary/aromatic N) is 2. The molecule has 20 heavy (non-hydrogen) atoms. The molecule has 1 N–H and O–H groups in total. The molecule has 0 spiro atoms. The first kappa shape index (κ1) is 15.0. The molecule has 1 aromatic heterocycles. The van der Waals surface area contributed by atoms with Gasteiger partial charge in [0.05, 0.1) is 44.2 Å². The number of aliphatic imine (C=N–C) groups is 1. The largest absolute Gasteiger partial charge is 0.462 e. The lowest BCUT2D eigenvalue weighted by Gasteiger charge is -2.32. The Kier molecular flexibility index (Phi) is 5.14. The average Bonchev–Trinajstić information content (AvgIpc) is 2.92. The predicted molar refractivity (Wildman–Crippen MR) is 80.5 cm³/mol. The maximum absolute atomic E-state index is 12.1. The van der Waals surface area contributed by atoms with Crippen LogP contribution in [0.15, 0.2) is 22.5 Å². The van der Waals surface area contributed by atoms with Crippen LogP contribution in [0, 0.1) is 0 Å². The fourth-order valence-electron chi connectivity index (χ4n) is 2.00. The van der Waals surface area contributed by atoms with Crippen LogP contribution in [0.3, 0.4) is 0 Å². The molecule has 1 saturated heterocycles. The molecule has 1 aliphatic heterocycles. The van der Waals surface area contributed by atoms with Gasteiger partial charge in [-0.15, -0.1) is 11.3 Å². The molecule has 5 nitrogen and oxygen atoms in total. The summed E-state index contributed by atoms with van der Waals surface area (Å²) in [5.41, 5.74) is 0. The van der Waals surface area contributed by atoms with Crippen LogP contribution in [0.1, 0.15) is 23.5 Å². The SMILES string of the molecule is CC(C)OC(=NC(=O)c1cccs1)N1CC[NH+](C)CC1. The summed E-state index contributed by atoms with van der Waals surface area (Å²) in [6, 6.07) is 4.11. The van der Waals surface area contributed by atoms with Gasteiger partial charge in [-0.25, -0.2) is 0 Å². The molecule has 0 bridgehead atoms. The Balaban J connectivity index is 2.12. The minimum atomic E-state index is -0.220. The first-order chi connectivity index (χ1) is 9.56. The number of hydrogen-bond donors (Lipinski definition) is 1. The molecule has 1 aromatic rings. The van der Waals surface area contributed by atoms with E-state index in [-0.39, 0.29) is 12.0 Å². The van der Waals surface area contributed by atoms with Crippen LogP contribution in [0.4, 0.5) is 0 Å². The van der Waals surface area contributed by atoms with E-state index in [1.165, 1.54) is 16.2 Å². The number of nitrogens with one attached hydrogen (secondary N) is 1. The van der Waals surface area contributed by atoms with E-state index in [1.807, 2.05) is 25.3 Å². The summed E-state index contributed by atoms with van der Waals surface area (Å²) in [4.78, 5) is 20.5. The topological polar surface area (TPSA) is 46.3 Å². The van der Waals surface area contributed by atoms with Gasteiger partial charge < -0.3 is 14.5 Å². The van der Waals surface area contributed by atoms with Crippen molar-refractivity contribution in [1.29, 1.82) is 0 Å². The van der Waals surface area contributed by atoms with Crippen LogP contribution in [0.2, 0.25) is 0 Å². The Labute approximate surface area is 123 Å². The molecule has 2 heterocycles. The van der Waals surface area contributed by atoms with Crippen LogP contribution in [0.5, 0.6) is 0 Å². The molecule has 0 saturated carbocycles. The van der Waals surface area contributed by atoms with Crippen LogP contribution < -0.4 is 4.90 Å². The smallest absolute Gasteiger partial charge is 0.296 e. The number of amidine groups is 1. The van der Waals surface area contributed by atoms with Gasteiger partial charge in [0.15, 0.2) is 0 Å².